The number of hydrogen-bond donors (Lipinski definition) is 1. The van der Waals surface area contributed by atoms with Crippen LogP contribution in [0.4, 0.5) is 0 Å². The third-order valence-electron chi connectivity index (χ3n) is 3.56. The summed E-state index contributed by atoms with van der Waals surface area (Å²) in [5.74, 6) is 1.23. The topological polar surface area (TPSA) is 64.6 Å². The molecular weight excluding hydrogens is 278 g/mol. The number of aryl methyl sites for hydroxylation is 1. The molecule has 0 amide bonds. The lowest BCUT2D eigenvalue weighted by atomic mass is 9.98. The van der Waals surface area contributed by atoms with Crippen LogP contribution in [-0.2, 0) is 9.84 Å². The monoisotopic (exact) mass is 301 g/mol. The third kappa shape index (κ3) is 3.43. The molecule has 0 radical (unpaired) electrons. The van der Waals surface area contributed by atoms with Crippen LogP contribution in [0.1, 0.15) is 24.1 Å². The summed E-state index contributed by atoms with van der Waals surface area (Å²) in [4.78, 5) is 0. The van der Waals surface area contributed by atoms with Gasteiger partial charge in [0.25, 0.3) is 0 Å². The molecule has 6 heteroatoms. The fourth-order valence-corrected chi connectivity index (χ4v) is 3.00. The fourth-order valence-electron chi connectivity index (χ4n) is 2.22. The van der Waals surface area contributed by atoms with E-state index in [-0.39, 0.29) is 6.04 Å². The van der Waals surface area contributed by atoms with Crippen molar-refractivity contribution in [3.8, 4) is 11.5 Å². The first-order chi connectivity index (χ1) is 9.26. The Labute approximate surface area is 121 Å². The van der Waals surface area contributed by atoms with Gasteiger partial charge in [-0.3, -0.25) is 0 Å². The van der Waals surface area contributed by atoms with Crippen molar-refractivity contribution in [1.29, 1.82) is 0 Å². The Morgan fingerprint density at radius 1 is 1.15 bits per heavy atom. The number of rotatable bonds is 6. The average Bonchev–Trinajstić information content (AvgIpc) is 2.39. The van der Waals surface area contributed by atoms with Crippen molar-refractivity contribution in [2.75, 3.05) is 27.5 Å². The van der Waals surface area contributed by atoms with Crippen LogP contribution in [0.15, 0.2) is 12.1 Å². The molecule has 1 rings (SSSR count). The van der Waals surface area contributed by atoms with E-state index in [0.29, 0.717) is 11.5 Å². The molecule has 0 fully saturated rings. The number of methoxy groups -OCH3 is 2. The fraction of sp³-hybridized carbons (Fsp3) is 0.571. The van der Waals surface area contributed by atoms with E-state index in [1.165, 1.54) is 6.26 Å². The zero-order chi connectivity index (χ0) is 15.5. The van der Waals surface area contributed by atoms with Crippen molar-refractivity contribution in [3.63, 3.8) is 0 Å². The first kappa shape index (κ1) is 16.8. The summed E-state index contributed by atoms with van der Waals surface area (Å²) in [6.07, 6.45) is 1.25. The quantitative estimate of drug-likeness (QED) is 0.866. The lowest BCUT2D eigenvalue weighted by molar-refractivity contribution is 0.353. The molecule has 0 aliphatic heterocycles. The van der Waals surface area contributed by atoms with Gasteiger partial charge in [-0.15, -0.1) is 0 Å². The second-order valence-corrected chi connectivity index (χ2v) is 7.27. The first-order valence-corrected chi connectivity index (χ1v) is 8.30. The predicted octanol–water partition coefficient (Wildman–Crippen LogP) is 1.71. The second kappa shape index (κ2) is 6.45. The predicted molar refractivity (Wildman–Crippen MR) is 80.4 cm³/mol. The highest BCUT2D eigenvalue weighted by molar-refractivity contribution is 7.91. The minimum absolute atomic E-state index is 0.301. The van der Waals surface area contributed by atoms with Crippen LogP contribution in [0.3, 0.4) is 0 Å². The molecule has 0 heterocycles. The minimum Gasteiger partial charge on any atom is -0.493 e. The molecule has 0 aliphatic rings. The molecular formula is C14H23NO4S. The van der Waals surface area contributed by atoms with Gasteiger partial charge in [0, 0.05) is 12.3 Å². The molecule has 1 aromatic rings. The molecule has 2 unspecified atom stereocenters. The Kier molecular flexibility index (Phi) is 5.42. The smallest absolute Gasteiger partial charge is 0.161 e. The molecule has 0 aromatic heterocycles. The zero-order valence-electron chi connectivity index (χ0n) is 12.9. The molecule has 0 spiro atoms. The zero-order valence-corrected chi connectivity index (χ0v) is 13.7. The van der Waals surface area contributed by atoms with Gasteiger partial charge in [-0.05, 0) is 44.2 Å². The van der Waals surface area contributed by atoms with Crippen molar-refractivity contribution < 1.29 is 17.9 Å². The van der Waals surface area contributed by atoms with E-state index in [2.05, 4.69) is 5.32 Å². The number of ether oxygens (including phenoxy) is 2. The summed E-state index contributed by atoms with van der Waals surface area (Å²) in [6.45, 7) is 3.63. The largest absolute Gasteiger partial charge is 0.493 e. The van der Waals surface area contributed by atoms with E-state index >= 15 is 0 Å². The lowest BCUT2D eigenvalue weighted by Gasteiger charge is -2.25. The van der Waals surface area contributed by atoms with Crippen molar-refractivity contribution in [3.05, 3.63) is 23.3 Å². The van der Waals surface area contributed by atoms with Gasteiger partial charge in [-0.25, -0.2) is 8.42 Å². The normalized spacial score (nSPS) is 14.7. The number of benzene rings is 1. The van der Waals surface area contributed by atoms with Crippen molar-refractivity contribution in [2.45, 2.75) is 25.1 Å². The van der Waals surface area contributed by atoms with E-state index < -0.39 is 15.1 Å². The summed E-state index contributed by atoms with van der Waals surface area (Å²) in [5.41, 5.74) is 1.85. The highest BCUT2D eigenvalue weighted by Gasteiger charge is 2.28. The third-order valence-corrected chi connectivity index (χ3v) is 5.19. The van der Waals surface area contributed by atoms with Gasteiger partial charge < -0.3 is 14.8 Å². The maximum atomic E-state index is 11.8. The summed E-state index contributed by atoms with van der Waals surface area (Å²) in [7, 11) is 1.74. The maximum Gasteiger partial charge on any atom is 0.161 e. The van der Waals surface area contributed by atoms with Gasteiger partial charge in [0.2, 0.25) is 0 Å². The summed E-state index contributed by atoms with van der Waals surface area (Å²) < 4.78 is 34.1. The van der Waals surface area contributed by atoms with E-state index in [4.69, 9.17) is 9.47 Å². The van der Waals surface area contributed by atoms with Crippen molar-refractivity contribution in [2.24, 2.45) is 0 Å². The Morgan fingerprint density at radius 3 is 2.05 bits per heavy atom. The minimum atomic E-state index is -3.15. The molecule has 20 heavy (non-hydrogen) atoms. The van der Waals surface area contributed by atoms with Crippen LogP contribution < -0.4 is 14.8 Å². The van der Waals surface area contributed by atoms with Gasteiger partial charge in [0.1, 0.15) is 0 Å². The van der Waals surface area contributed by atoms with E-state index in [1.54, 1.807) is 28.2 Å². The van der Waals surface area contributed by atoms with Gasteiger partial charge >= 0.3 is 0 Å². The molecule has 5 nitrogen and oxygen atoms in total. The van der Waals surface area contributed by atoms with Crippen LogP contribution >= 0.6 is 0 Å². The van der Waals surface area contributed by atoms with Crippen LogP contribution in [-0.4, -0.2) is 41.2 Å². The lowest BCUT2D eigenvalue weighted by Crippen LogP contribution is -2.33. The molecule has 1 N–H and O–H groups in total. The number of nitrogens with one attached hydrogen (secondary N) is 1. The first-order valence-electron chi connectivity index (χ1n) is 6.34. The SMILES string of the molecule is CNC(c1cc(OC)c(OC)cc1C)C(C)S(C)(=O)=O. The molecule has 1 aromatic carbocycles. The van der Waals surface area contributed by atoms with E-state index in [9.17, 15) is 8.42 Å². The van der Waals surface area contributed by atoms with Crippen LogP contribution in [0.2, 0.25) is 0 Å². The molecule has 2 atom stereocenters. The van der Waals surface area contributed by atoms with Crippen molar-refractivity contribution >= 4 is 9.84 Å². The van der Waals surface area contributed by atoms with Crippen molar-refractivity contribution in [1.82, 2.24) is 5.32 Å². The molecule has 0 saturated heterocycles. The Morgan fingerprint density at radius 2 is 1.65 bits per heavy atom. The standard InChI is InChI=1S/C14H23NO4S/c1-9-7-12(18-4)13(19-5)8-11(9)14(15-3)10(2)20(6,16)17/h7-8,10,14-15H,1-6H3. The highest BCUT2D eigenvalue weighted by atomic mass is 32.2. The van der Waals surface area contributed by atoms with E-state index in [1.807, 2.05) is 19.1 Å². The molecule has 0 aliphatic carbocycles. The Balaban J connectivity index is 3.36. The Hall–Kier alpha value is -1.27. The van der Waals surface area contributed by atoms with Crippen LogP contribution in [0.5, 0.6) is 11.5 Å². The number of hydrogen-bond acceptors (Lipinski definition) is 5. The van der Waals surface area contributed by atoms with Gasteiger partial charge in [0.15, 0.2) is 21.3 Å². The molecule has 114 valence electrons. The summed E-state index contributed by atoms with van der Waals surface area (Å²) in [5, 5.41) is 2.54. The van der Waals surface area contributed by atoms with Crippen LogP contribution in [0, 0.1) is 6.92 Å². The highest BCUT2D eigenvalue weighted by Crippen LogP contribution is 2.34. The second-order valence-electron chi connectivity index (χ2n) is 4.86. The van der Waals surface area contributed by atoms with Gasteiger partial charge in [-0.2, -0.15) is 0 Å². The average molecular weight is 301 g/mol. The van der Waals surface area contributed by atoms with Gasteiger partial charge in [-0.1, -0.05) is 0 Å². The number of sulfone groups is 1. The molecule has 0 saturated carbocycles. The van der Waals surface area contributed by atoms with E-state index in [0.717, 1.165) is 11.1 Å². The maximum absolute atomic E-state index is 11.8. The van der Waals surface area contributed by atoms with Crippen LogP contribution in [0.25, 0.3) is 0 Å². The van der Waals surface area contributed by atoms with Gasteiger partial charge in [0.05, 0.1) is 19.5 Å². The Bertz CT molecular complexity index is 569. The molecule has 0 bridgehead atoms. The summed E-state index contributed by atoms with van der Waals surface area (Å²) in [6, 6.07) is 3.38. The summed E-state index contributed by atoms with van der Waals surface area (Å²) >= 11 is 0.